The second kappa shape index (κ2) is 6.30. The van der Waals surface area contributed by atoms with E-state index in [2.05, 4.69) is 5.32 Å². The highest BCUT2D eigenvalue weighted by Gasteiger charge is 2.12. The van der Waals surface area contributed by atoms with Crippen LogP contribution in [0.5, 0.6) is 5.75 Å². The van der Waals surface area contributed by atoms with Crippen LogP contribution in [-0.2, 0) is 0 Å². The molecule has 0 aliphatic rings. The molecule has 0 saturated heterocycles. The zero-order valence-electron chi connectivity index (χ0n) is 11.0. The normalized spacial score (nSPS) is 10.1. The number of anilines is 2. The standard InChI is InChI=1S/C15H15ClN2O2/c1-2-20-11-6-3-5-10(9-11)18-15(19)12-7-4-8-13(16)14(12)17/h3-9H,2,17H2,1H3,(H,18,19). The van der Waals surface area contributed by atoms with Gasteiger partial charge >= 0.3 is 0 Å². The molecule has 2 rings (SSSR count). The molecule has 0 heterocycles. The molecule has 0 aliphatic heterocycles. The van der Waals surface area contributed by atoms with Gasteiger partial charge in [-0.2, -0.15) is 0 Å². The van der Waals surface area contributed by atoms with Gasteiger partial charge in [0.1, 0.15) is 5.75 Å². The van der Waals surface area contributed by atoms with Gasteiger partial charge in [0.25, 0.3) is 5.91 Å². The fourth-order valence-electron chi connectivity index (χ4n) is 1.76. The van der Waals surface area contributed by atoms with Gasteiger partial charge in [-0.05, 0) is 31.2 Å². The third-order valence-electron chi connectivity index (χ3n) is 2.70. The quantitative estimate of drug-likeness (QED) is 0.846. The molecule has 2 aromatic rings. The average Bonchev–Trinajstić information content (AvgIpc) is 2.42. The van der Waals surface area contributed by atoms with Crippen molar-refractivity contribution in [3.63, 3.8) is 0 Å². The average molecular weight is 291 g/mol. The van der Waals surface area contributed by atoms with Gasteiger partial charge in [0, 0.05) is 11.8 Å². The maximum absolute atomic E-state index is 12.2. The molecule has 0 fully saturated rings. The van der Waals surface area contributed by atoms with E-state index in [1.54, 1.807) is 30.3 Å². The van der Waals surface area contributed by atoms with Gasteiger partial charge in [-0.1, -0.05) is 23.7 Å². The number of benzene rings is 2. The highest BCUT2D eigenvalue weighted by Crippen LogP contribution is 2.24. The minimum Gasteiger partial charge on any atom is -0.494 e. The van der Waals surface area contributed by atoms with E-state index in [9.17, 15) is 4.79 Å². The molecule has 0 bridgehead atoms. The first kappa shape index (κ1) is 14.2. The summed E-state index contributed by atoms with van der Waals surface area (Å²) in [5.74, 6) is 0.392. The molecule has 0 saturated carbocycles. The van der Waals surface area contributed by atoms with Crippen LogP contribution in [0.4, 0.5) is 11.4 Å². The Kier molecular flexibility index (Phi) is 4.48. The lowest BCUT2D eigenvalue weighted by Crippen LogP contribution is -2.14. The van der Waals surface area contributed by atoms with Crippen LogP contribution in [0.15, 0.2) is 42.5 Å². The molecule has 1 amide bonds. The lowest BCUT2D eigenvalue weighted by atomic mass is 10.1. The van der Waals surface area contributed by atoms with Gasteiger partial charge < -0.3 is 15.8 Å². The van der Waals surface area contributed by atoms with E-state index < -0.39 is 0 Å². The molecule has 20 heavy (non-hydrogen) atoms. The predicted molar refractivity (Wildman–Crippen MR) is 81.4 cm³/mol. The lowest BCUT2D eigenvalue weighted by Gasteiger charge is -2.10. The predicted octanol–water partition coefficient (Wildman–Crippen LogP) is 3.57. The van der Waals surface area contributed by atoms with Crippen LogP contribution in [-0.4, -0.2) is 12.5 Å². The topological polar surface area (TPSA) is 64.3 Å². The maximum atomic E-state index is 12.2. The second-order valence-electron chi connectivity index (χ2n) is 4.12. The highest BCUT2D eigenvalue weighted by atomic mass is 35.5. The summed E-state index contributed by atoms with van der Waals surface area (Å²) in [6.45, 7) is 2.47. The van der Waals surface area contributed by atoms with Crippen molar-refractivity contribution in [2.45, 2.75) is 6.92 Å². The summed E-state index contributed by atoms with van der Waals surface area (Å²) >= 11 is 5.90. The Morgan fingerprint density at radius 3 is 2.80 bits per heavy atom. The molecular weight excluding hydrogens is 276 g/mol. The van der Waals surface area contributed by atoms with Gasteiger partial charge in [-0.3, -0.25) is 4.79 Å². The molecule has 104 valence electrons. The summed E-state index contributed by atoms with van der Waals surface area (Å²) in [4.78, 5) is 12.2. The maximum Gasteiger partial charge on any atom is 0.257 e. The minimum absolute atomic E-state index is 0.271. The molecule has 0 radical (unpaired) electrons. The van der Waals surface area contributed by atoms with Crippen molar-refractivity contribution in [1.29, 1.82) is 0 Å². The number of ether oxygens (including phenoxy) is 1. The molecule has 4 nitrogen and oxygen atoms in total. The van der Waals surface area contributed by atoms with E-state index in [1.165, 1.54) is 0 Å². The number of carbonyl (C=O) groups is 1. The summed E-state index contributed by atoms with van der Waals surface area (Å²) in [7, 11) is 0. The van der Waals surface area contributed by atoms with Gasteiger partial charge in [0.2, 0.25) is 0 Å². The van der Waals surface area contributed by atoms with Crippen molar-refractivity contribution in [3.8, 4) is 5.75 Å². The first-order valence-electron chi connectivity index (χ1n) is 6.20. The third kappa shape index (κ3) is 3.22. The van der Waals surface area contributed by atoms with Crippen LogP contribution in [0, 0.1) is 0 Å². The molecule has 3 N–H and O–H groups in total. The van der Waals surface area contributed by atoms with Gasteiger partial charge in [-0.15, -0.1) is 0 Å². The van der Waals surface area contributed by atoms with E-state index in [0.29, 0.717) is 28.6 Å². The van der Waals surface area contributed by atoms with E-state index >= 15 is 0 Å². The smallest absolute Gasteiger partial charge is 0.257 e. The summed E-state index contributed by atoms with van der Waals surface area (Å²) in [5, 5.41) is 3.13. The number of hydrogen-bond acceptors (Lipinski definition) is 3. The first-order valence-corrected chi connectivity index (χ1v) is 6.58. The van der Waals surface area contributed by atoms with Crippen molar-refractivity contribution >= 4 is 28.9 Å². The van der Waals surface area contributed by atoms with Crippen molar-refractivity contribution in [1.82, 2.24) is 0 Å². The van der Waals surface area contributed by atoms with Crippen molar-refractivity contribution in [2.24, 2.45) is 0 Å². The summed E-state index contributed by atoms with van der Waals surface area (Å²) in [5.41, 5.74) is 7.05. The first-order chi connectivity index (χ1) is 9.61. The van der Waals surface area contributed by atoms with Crippen LogP contribution >= 0.6 is 11.6 Å². The summed E-state index contributed by atoms with van der Waals surface area (Å²) in [6.07, 6.45) is 0. The summed E-state index contributed by atoms with van der Waals surface area (Å²) < 4.78 is 5.38. The Bertz CT molecular complexity index is 629. The van der Waals surface area contributed by atoms with Gasteiger partial charge in [-0.25, -0.2) is 0 Å². The van der Waals surface area contributed by atoms with Gasteiger partial charge in [0.05, 0.1) is 22.9 Å². The van der Waals surface area contributed by atoms with Gasteiger partial charge in [0.15, 0.2) is 0 Å². The molecule has 0 atom stereocenters. The zero-order valence-corrected chi connectivity index (χ0v) is 11.8. The number of amides is 1. The number of para-hydroxylation sites is 1. The van der Waals surface area contributed by atoms with Crippen molar-refractivity contribution < 1.29 is 9.53 Å². The number of rotatable bonds is 4. The van der Waals surface area contributed by atoms with E-state index in [0.717, 1.165) is 0 Å². The van der Waals surface area contributed by atoms with E-state index in [4.69, 9.17) is 22.1 Å². The highest BCUT2D eigenvalue weighted by molar-refractivity contribution is 6.34. The van der Waals surface area contributed by atoms with Crippen LogP contribution < -0.4 is 15.8 Å². The number of hydrogen-bond donors (Lipinski definition) is 2. The Labute approximate surface area is 122 Å². The Morgan fingerprint density at radius 1 is 1.30 bits per heavy atom. The molecule has 2 aromatic carbocycles. The van der Waals surface area contributed by atoms with Crippen LogP contribution in [0.3, 0.4) is 0 Å². The number of nitrogens with two attached hydrogens (primary N) is 1. The molecule has 5 heteroatoms. The number of halogens is 1. The van der Waals surface area contributed by atoms with E-state index in [-0.39, 0.29) is 11.6 Å². The molecular formula is C15H15ClN2O2. The number of carbonyl (C=O) groups excluding carboxylic acids is 1. The second-order valence-corrected chi connectivity index (χ2v) is 4.52. The molecule has 0 spiro atoms. The Morgan fingerprint density at radius 2 is 2.05 bits per heavy atom. The third-order valence-corrected chi connectivity index (χ3v) is 3.03. The van der Waals surface area contributed by atoms with Crippen LogP contribution in [0.1, 0.15) is 17.3 Å². The van der Waals surface area contributed by atoms with Crippen molar-refractivity contribution in [3.05, 3.63) is 53.1 Å². The Balaban J connectivity index is 2.19. The fourth-order valence-corrected chi connectivity index (χ4v) is 1.94. The largest absolute Gasteiger partial charge is 0.494 e. The van der Waals surface area contributed by atoms with Crippen LogP contribution in [0.25, 0.3) is 0 Å². The molecule has 0 aromatic heterocycles. The van der Waals surface area contributed by atoms with Crippen molar-refractivity contribution in [2.75, 3.05) is 17.7 Å². The molecule has 0 aliphatic carbocycles. The van der Waals surface area contributed by atoms with Crippen LogP contribution in [0.2, 0.25) is 5.02 Å². The fraction of sp³-hybridized carbons (Fsp3) is 0.133. The lowest BCUT2D eigenvalue weighted by molar-refractivity contribution is 0.102. The number of nitrogens with one attached hydrogen (secondary N) is 1. The zero-order chi connectivity index (χ0) is 14.5. The molecule has 0 unspecified atom stereocenters. The van der Waals surface area contributed by atoms with E-state index in [1.807, 2.05) is 19.1 Å². The minimum atomic E-state index is -0.307. The summed E-state index contributed by atoms with van der Waals surface area (Å²) in [6, 6.07) is 12.1. The SMILES string of the molecule is CCOc1cccc(NC(=O)c2cccc(Cl)c2N)c1. The number of nitrogen functional groups attached to an aromatic ring is 1. The monoisotopic (exact) mass is 290 g/mol. The Hall–Kier alpha value is -2.20.